The number of fused-ring (bicyclic) bond motifs is 1. The molecule has 0 amide bonds. The number of nitriles is 1. The van der Waals surface area contributed by atoms with Crippen LogP contribution >= 0.6 is 11.3 Å². The van der Waals surface area contributed by atoms with Gasteiger partial charge in [-0.2, -0.15) is 5.26 Å². The van der Waals surface area contributed by atoms with Crippen molar-refractivity contribution in [3.05, 3.63) is 86.9 Å². The van der Waals surface area contributed by atoms with E-state index < -0.39 is 0 Å². The first-order valence-electron chi connectivity index (χ1n) is 12.2. The molecular formula is C29H30N2O3S. The van der Waals surface area contributed by atoms with Gasteiger partial charge >= 0.3 is 5.97 Å². The lowest BCUT2D eigenvalue weighted by Gasteiger charge is -2.22. The number of aromatic nitrogens is 1. The Morgan fingerprint density at radius 3 is 2.80 bits per heavy atom. The molecular weight excluding hydrogens is 456 g/mol. The number of rotatable bonds is 10. The molecule has 0 N–H and O–H groups in total. The van der Waals surface area contributed by atoms with Gasteiger partial charge in [-0.15, -0.1) is 11.3 Å². The number of hydrogen-bond acceptors (Lipinski definition) is 6. The molecule has 2 atom stereocenters. The number of nitrogens with zero attached hydrogens (tertiary/aromatic N) is 2. The van der Waals surface area contributed by atoms with E-state index in [4.69, 9.17) is 4.74 Å². The van der Waals surface area contributed by atoms with Crippen LogP contribution in [-0.4, -0.2) is 23.3 Å². The van der Waals surface area contributed by atoms with E-state index in [9.17, 15) is 14.9 Å². The second-order valence-electron chi connectivity index (χ2n) is 9.30. The Morgan fingerprint density at radius 2 is 2.06 bits per heavy atom. The highest BCUT2D eigenvalue weighted by Gasteiger charge is 2.27. The number of ketones is 1. The maximum absolute atomic E-state index is 12.8. The quantitative estimate of drug-likeness (QED) is 0.349. The van der Waals surface area contributed by atoms with Gasteiger partial charge in [-0.05, 0) is 60.3 Å². The molecule has 180 valence electrons. The van der Waals surface area contributed by atoms with Gasteiger partial charge in [0.2, 0.25) is 0 Å². The molecule has 2 aromatic heterocycles. The summed E-state index contributed by atoms with van der Waals surface area (Å²) in [5.74, 6) is 0.371. The molecule has 2 heterocycles. The predicted molar refractivity (Wildman–Crippen MR) is 136 cm³/mol. The van der Waals surface area contributed by atoms with Gasteiger partial charge in [0.15, 0.2) is 0 Å². The van der Waals surface area contributed by atoms with Gasteiger partial charge in [0.1, 0.15) is 11.9 Å². The van der Waals surface area contributed by atoms with Gasteiger partial charge in [-0.1, -0.05) is 43.3 Å². The van der Waals surface area contributed by atoms with Crippen LogP contribution in [0.15, 0.2) is 54.9 Å². The van der Waals surface area contributed by atoms with Crippen molar-refractivity contribution in [2.75, 3.05) is 6.61 Å². The van der Waals surface area contributed by atoms with Gasteiger partial charge in [0.05, 0.1) is 12.2 Å². The zero-order valence-corrected chi connectivity index (χ0v) is 20.9. The number of ether oxygens (including phenoxy) is 1. The highest BCUT2D eigenvalue weighted by atomic mass is 32.1. The van der Waals surface area contributed by atoms with Gasteiger partial charge in [0.25, 0.3) is 0 Å². The molecule has 1 aliphatic rings. The lowest BCUT2D eigenvalue weighted by atomic mass is 9.87. The molecule has 35 heavy (non-hydrogen) atoms. The Labute approximate surface area is 210 Å². The number of Topliss-reactive ketones (excluding diaryl/α,β-unsaturated/α-hetero) is 1. The molecule has 0 saturated heterocycles. The summed E-state index contributed by atoms with van der Waals surface area (Å²) in [6, 6.07) is 16.2. The average Bonchev–Trinajstić information content (AvgIpc) is 3.23. The summed E-state index contributed by atoms with van der Waals surface area (Å²) in [6.07, 6.45) is 7.69. The zero-order valence-electron chi connectivity index (χ0n) is 20.0. The highest BCUT2D eigenvalue weighted by Crippen LogP contribution is 2.37. The third kappa shape index (κ3) is 6.64. The van der Waals surface area contributed by atoms with Crippen molar-refractivity contribution < 1.29 is 14.3 Å². The summed E-state index contributed by atoms with van der Waals surface area (Å²) in [4.78, 5) is 31.1. The third-order valence-corrected chi connectivity index (χ3v) is 7.89. The Morgan fingerprint density at radius 1 is 1.23 bits per heavy atom. The first kappa shape index (κ1) is 24.8. The third-order valence-electron chi connectivity index (χ3n) is 6.63. The van der Waals surface area contributed by atoms with E-state index in [1.54, 1.807) is 23.7 Å². The summed E-state index contributed by atoms with van der Waals surface area (Å²) in [6.45, 7) is 2.47. The van der Waals surface area contributed by atoms with E-state index in [-0.39, 0.29) is 23.6 Å². The van der Waals surface area contributed by atoms with Crippen LogP contribution in [-0.2, 0) is 40.0 Å². The molecule has 0 bridgehead atoms. The van der Waals surface area contributed by atoms with Gasteiger partial charge in [0, 0.05) is 41.4 Å². The minimum absolute atomic E-state index is 0.154. The SMILES string of the molecule is CC(CC(=O)Cc1sc2c(c1C#N)CCC(COC(=O)CCc1cccnc1)C2)c1ccccc1. The first-order chi connectivity index (χ1) is 17.0. The number of pyridine rings is 1. The molecule has 3 aromatic rings. The fourth-order valence-electron chi connectivity index (χ4n) is 4.68. The lowest BCUT2D eigenvalue weighted by molar-refractivity contribution is -0.145. The molecule has 2 unspecified atom stereocenters. The second-order valence-corrected chi connectivity index (χ2v) is 10.5. The lowest BCUT2D eigenvalue weighted by Crippen LogP contribution is -2.20. The van der Waals surface area contributed by atoms with E-state index in [1.165, 1.54) is 4.88 Å². The van der Waals surface area contributed by atoms with Crippen LogP contribution in [0.25, 0.3) is 0 Å². The molecule has 0 radical (unpaired) electrons. The van der Waals surface area contributed by atoms with Crippen LogP contribution in [0.4, 0.5) is 0 Å². The summed E-state index contributed by atoms with van der Waals surface area (Å²) in [5.41, 5.74) is 3.97. The highest BCUT2D eigenvalue weighted by molar-refractivity contribution is 7.12. The number of aryl methyl sites for hydroxylation is 1. The summed E-state index contributed by atoms with van der Waals surface area (Å²) < 4.78 is 5.56. The van der Waals surface area contributed by atoms with E-state index in [1.807, 2.05) is 42.5 Å². The average molecular weight is 487 g/mol. The molecule has 0 spiro atoms. The number of benzene rings is 1. The summed E-state index contributed by atoms with van der Waals surface area (Å²) in [5, 5.41) is 9.80. The van der Waals surface area contributed by atoms with Crippen molar-refractivity contribution in [1.29, 1.82) is 5.26 Å². The van der Waals surface area contributed by atoms with Crippen molar-refractivity contribution in [1.82, 2.24) is 4.98 Å². The van der Waals surface area contributed by atoms with E-state index >= 15 is 0 Å². The topological polar surface area (TPSA) is 80.0 Å². The Kier molecular flexibility index (Phi) is 8.44. The fraction of sp³-hybridized carbons (Fsp3) is 0.379. The first-order valence-corrected chi connectivity index (χ1v) is 13.0. The van der Waals surface area contributed by atoms with Crippen LogP contribution in [0, 0.1) is 17.2 Å². The van der Waals surface area contributed by atoms with Crippen molar-refractivity contribution in [2.45, 2.75) is 57.8 Å². The molecule has 5 nitrogen and oxygen atoms in total. The molecule has 0 aliphatic heterocycles. The summed E-state index contributed by atoms with van der Waals surface area (Å²) in [7, 11) is 0. The fourth-order valence-corrected chi connectivity index (χ4v) is 6.12. The molecule has 6 heteroatoms. The number of hydrogen-bond donors (Lipinski definition) is 0. The smallest absolute Gasteiger partial charge is 0.306 e. The van der Waals surface area contributed by atoms with E-state index in [0.717, 1.165) is 40.8 Å². The van der Waals surface area contributed by atoms with Crippen LogP contribution < -0.4 is 0 Å². The largest absolute Gasteiger partial charge is 0.465 e. The zero-order chi connectivity index (χ0) is 24.6. The van der Waals surface area contributed by atoms with E-state index in [0.29, 0.717) is 37.9 Å². The van der Waals surface area contributed by atoms with Crippen molar-refractivity contribution in [3.63, 3.8) is 0 Å². The second kappa shape index (κ2) is 11.9. The van der Waals surface area contributed by atoms with Gasteiger partial charge in [-0.3, -0.25) is 14.6 Å². The number of carbonyl (C=O) groups is 2. The standard InChI is InChI=1S/C29H30N2O3S/c1-20(23-7-3-2-4-8-23)14-24(32)16-28-26(17-30)25-11-9-22(15-27(25)35-28)19-34-29(33)12-10-21-6-5-13-31-18-21/h2-8,13,18,20,22H,9-12,14-16,19H2,1H3. The monoisotopic (exact) mass is 486 g/mol. The van der Waals surface area contributed by atoms with Gasteiger partial charge in [-0.25, -0.2) is 0 Å². The van der Waals surface area contributed by atoms with E-state index in [2.05, 4.69) is 18.0 Å². The van der Waals surface area contributed by atoms with Crippen molar-refractivity contribution in [3.8, 4) is 6.07 Å². The minimum atomic E-state index is -0.192. The minimum Gasteiger partial charge on any atom is -0.465 e. The Bertz CT molecular complexity index is 1200. The summed E-state index contributed by atoms with van der Waals surface area (Å²) >= 11 is 1.59. The van der Waals surface area contributed by atoms with Crippen LogP contribution in [0.5, 0.6) is 0 Å². The predicted octanol–water partition coefficient (Wildman–Crippen LogP) is 5.60. The van der Waals surface area contributed by atoms with Gasteiger partial charge < -0.3 is 4.74 Å². The molecule has 4 rings (SSSR count). The number of thiophene rings is 1. The Hall–Kier alpha value is -3.30. The maximum Gasteiger partial charge on any atom is 0.306 e. The molecule has 1 aromatic carbocycles. The van der Waals surface area contributed by atoms with Crippen molar-refractivity contribution in [2.24, 2.45) is 5.92 Å². The van der Waals surface area contributed by atoms with Crippen LogP contribution in [0.1, 0.15) is 64.1 Å². The van der Waals surface area contributed by atoms with Crippen LogP contribution in [0.2, 0.25) is 0 Å². The molecule has 0 saturated carbocycles. The number of esters is 1. The molecule has 0 fully saturated rings. The van der Waals surface area contributed by atoms with Crippen LogP contribution in [0.3, 0.4) is 0 Å². The molecule has 1 aliphatic carbocycles. The van der Waals surface area contributed by atoms with Crippen molar-refractivity contribution >= 4 is 23.1 Å². The Balaban J connectivity index is 1.30. The number of carbonyl (C=O) groups excluding carboxylic acids is 2. The normalized spacial score (nSPS) is 15.6. The maximum atomic E-state index is 12.8.